The molecule has 0 spiro atoms. The van der Waals surface area contributed by atoms with Crippen LogP contribution in [0.15, 0.2) is 24.3 Å². The van der Waals surface area contributed by atoms with Crippen LogP contribution in [0, 0.1) is 5.92 Å². The summed E-state index contributed by atoms with van der Waals surface area (Å²) in [6.07, 6.45) is 0.279. The number of anilines is 1. The number of methoxy groups -OCH3 is 1. The number of nitrogens with one attached hydrogen (secondary N) is 1. The van der Waals surface area contributed by atoms with E-state index in [4.69, 9.17) is 4.74 Å². The van der Waals surface area contributed by atoms with Crippen molar-refractivity contribution in [1.82, 2.24) is 10.2 Å². The summed E-state index contributed by atoms with van der Waals surface area (Å²) >= 11 is 0. The lowest BCUT2D eigenvalue weighted by Gasteiger charge is -2.29. The fourth-order valence-corrected chi connectivity index (χ4v) is 3.10. The van der Waals surface area contributed by atoms with Crippen molar-refractivity contribution in [3.05, 3.63) is 24.3 Å². The van der Waals surface area contributed by atoms with Gasteiger partial charge in [-0.3, -0.25) is 9.59 Å². The highest BCUT2D eigenvalue weighted by atomic mass is 16.5. The highest BCUT2D eigenvalue weighted by molar-refractivity contribution is 6.01. The first-order valence-corrected chi connectivity index (χ1v) is 7.63. The number of carbonyl (C=O) groups is 2. The molecule has 1 aromatic rings. The lowest BCUT2D eigenvalue weighted by atomic mass is 10.1. The molecule has 1 aromatic carbocycles. The fraction of sp³-hybridized carbons (Fsp3) is 0.500. The molecule has 2 aliphatic rings. The van der Waals surface area contributed by atoms with Crippen molar-refractivity contribution >= 4 is 17.5 Å². The van der Waals surface area contributed by atoms with Gasteiger partial charge in [-0.05, 0) is 12.1 Å². The first-order chi connectivity index (χ1) is 10.7. The molecule has 2 aliphatic heterocycles. The van der Waals surface area contributed by atoms with Crippen LogP contribution < -0.4 is 15.0 Å². The van der Waals surface area contributed by atoms with Gasteiger partial charge in [0.25, 0.3) is 0 Å². The predicted octanol–water partition coefficient (Wildman–Crippen LogP) is 0.480. The fourth-order valence-electron chi connectivity index (χ4n) is 3.10. The molecular weight excluding hydrogens is 282 g/mol. The summed E-state index contributed by atoms with van der Waals surface area (Å²) in [5.41, 5.74) is 0.741. The van der Waals surface area contributed by atoms with Crippen molar-refractivity contribution in [2.24, 2.45) is 5.92 Å². The zero-order valence-corrected chi connectivity index (χ0v) is 12.7. The standard InChI is InChI=1S/C16H21N3O3/c1-22-14-5-3-2-4-13(14)19-11-12(10-15(19)20)16(21)18-8-6-17-7-9-18/h2-5,12,17H,6-11H2,1H3/t12-/m0/s1. The van der Waals surface area contributed by atoms with Crippen LogP contribution in [0.5, 0.6) is 5.75 Å². The monoisotopic (exact) mass is 303 g/mol. The van der Waals surface area contributed by atoms with Gasteiger partial charge in [-0.2, -0.15) is 0 Å². The van der Waals surface area contributed by atoms with Gasteiger partial charge in [-0.1, -0.05) is 12.1 Å². The van der Waals surface area contributed by atoms with E-state index in [1.54, 1.807) is 12.0 Å². The number of ether oxygens (including phenoxy) is 1. The molecule has 22 heavy (non-hydrogen) atoms. The predicted molar refractivity (Wildman–Crippen MR) is 82.9 cm³/mol. The van der Waals surface area contributed by atoms with Crippen LogP contribution in [0.1, 0.15) is 6.42 Å². The van der Waals surface area contributed by atoms with Crippen molar-refractivity contribution in [1.29, 1.82) is 0 Å². The van der Waals surface area contributed by atoms with Crippen LogP contribution in [0.2, 0.25) is 0 Å². The van der Waals surface area contributed by atoms with Crippen LogP contribution in [0.25, 0.3) is 0 Å². The quantitative estimate of drug-likeness (QED) is 0.882. The molecule has 0 aromatic heterocycles. The molecule has 0 saturated carbocycles. The van der Waals surface area contributed by atoms with Gasteiger partial charge in [-0.15, -0.1) is 0 Å². The largest absolute Gasteiger partial charge is 0.495 e. The lowest BCUT2D eigenvalue weighted by molar-refractivity contribution is -0.136. The van der Waals surface area contributed by atoms with Crippen molar-refractivity contribution in [2.45, 2.75) is 6.42 Å². The Hall–Kier alpha value is -2.08. The summed E-state index contributed by atoms with van der Waals surface area (Å²) in [5, 5.41) is 3.23. The average molecular weight is 303 g/mol. The number of para-hydroxylation sites is 2. The Morgan fingerprint density at radius 3 is 2.73 bits per heavy atom. The van der Waals surface area contributed by atoms with Crippen LogP contribution in [-0.2, 0) is 9.59 Å². The summed E-state index contributed by atoms with van der Waals surface area (Å²) in [7, 11) is 1.59. The van der Waals surface area contributed by atoms with E-state index in [1.807, 2.05) is 29.2 Å². The Labute approximate surface area is 130 Å². The third kappa shape index (κ3) is 2.78. The van der Waals surface area contributed by atoms with Gasteiger partial charge < -0.3 is 19.9 Å². The van der Waals surface area contributed by atoms with Gasteiger partial charge >= 0.3 is 0 Å². The first-order valence-electron chi connectivity index (χ1n) is 7.63. The maximum atomic E-state index is 12.6. The van der Waals surface area contributed by atoms with E-state index in [0.717, 1.165) is 31.9 Å². The van der Waals surface area contributed by atoms with Gasteiger partial charge in [0, 0.05) is 39.1 Å². The molecule has 6 heteroatoms. The van der Waals surface area contributed by atoms with E-state index in [0.29, 0.717) is 12.3 Å². The molecule has 1 N–H and O–H groups in total. The first kappa shape index (κ1) is 14.8. The van der Waals surface area contributed by atoms with E-state index in [2.05, 4.69) is 5.32 Å². The smallest absolute Gasteiger partial charge is 0.228 e. The second kappa shape index (κ2) is 6.36. The third-order valence-electron chi connectivity index (χ3n) is 4.28. The number of nitrogens with zero attached hydrogens (tertiary/aromatic N) is 2. The Balaban J connectivity index is 1.74. The molecule has 118 valence electrons. The van der Waals surface area contributed by atoms with E-state index in [9.17, 15) is 9.59 Å². The lowest BCUT2D eigenvalue weighted by Crippen LogP contribution is -2.48. The molecule has 2 saturated heterocycles. The molecule has 2 fully saturated rings. The number of benzene rings is 1. The number of hydrogen-bond acceptors (Lipinski definition) is 4. The normalized spacial score (nSPS) is 22.0. The van der Waals surface area contributed by atoms with Gasteiger partial charge in [-0.25, -0.2) is 0 Å². The second-order valence-electron chi connectivity index (χ2n) is 5.65. The number of rotatable bonds is 3. The van der Waals surface area contributed by atoms with Crippen molar-refractivity contribution < 1.29 is 14.3 Å². The summed E-state index contributed by atoms with van der Waals surface area (Å²) in [6, 6.07) is 7.42. The van der Waals surface area contributed by atoms with Gasteiger partial charge in [0.2, 0.25) is 11.8 Å². The molecule has 1 atom stereocenters. The minimum absolute atomic E-state index is 0.0158. The molecule has 0 bridgehead atoms. The molecule has 0 aliphatic carbocycles. The van der Waals surface area contributed by atoms with E-state index < -0.39 is 0 Å². The van der Waals surface area contributed by atoms with E-state index in [1.165, 1.54) is 0 Å². The maximum absolute atomic E-state index is 12.6. The minimum Gasteiger partial charge on any atom is -0.495 e. The molecule has 2 amide bonds. The van der Waals surface area contributed by atoms with E-state index >= 15 is 0 Å². The van der Waals surface area contributed by atoms with Crippen LogP contribution in [0.4, 0.5) is 5.69 Å². The average Bonchev–Trinajstić information content (AvgIpc) is 2.96. The van der Waals surface area contributed by atoms with Crippen molar-refractivity contribution in [3.63, 3.8) is 0 Å². The molecule has 0 unspecified atom stereocenters. The van der Waals surface area contributed by atoms with Crippen LogP contribution in [0.3, 0.4) is 0 Å². The second-order valence-corrected chi connectivity index (χ2v) is 5.65. The third-order valence-corrected chi connectivity index (χ3v) is 4.28. The Morgan fingerprint density at radius 2 is 2.00 bits per heavy atom. The summed E-state index contributed by atoms with van der Waals surface area (Å²) < 4.78 is 5.32. The molecular formula is C16H21N3O3. The van der Waals surface area contributed by atoms with Crippen LogP contribution in [-0.4, -0.2) is 56.5 Å². The van der Waals surface area contributed by atoms with E-state index in [-0.39, 0.29) is 24.2 Å². The highest BCUT2D eigenvalue weighted by Gasteiger charge is 2.38. The molecule has 0 radical (unpaired) electrons. The Morgan fingerprint density at radius 1 is 1.27 bits per heavy atom. The number of piperazine rings is 1. The Bertz CT molecular complexity index is 570. The summed E-state index contributed by atoms with van der Waals surface area (Å²) in [5.74, 6) is 0.479. The zero-order valence-electron chi connectivity index (χ0n) is 12.7. The van der Waals surface area contributed by atoms with Gasteiger partial charge in [0.1, 0.15) is 5.75 Å². The highest BCUT2D eigenvalue weighted by Crippen LogP contribution is 2.33. The van der Waals surface area contributed by atoms with Gasteiger partial charge in [0.05, 0.1) is 18.7 Å². The SMILES string of the molecule is COc1ccccc1N1C[C@@H](C(=O)N2CCNCC2)CC1=O. The van der Waals surface area contributed by atoms with Gasteiger partial charge in [0.15, 0.2) is 0 Å². The number of hydrogen-bond donors (Lipinski definition) is 1. The Kier molecular flexibility index (Phi) is 4.29. The zero-order chi connectivity index (χ0) is 15.5. The van der Waals surface area contributed by atoms with Crippen molar-refractivity contribution in [3.8, 4) is 5.75 Å². The van der Waals surface area contributed by atoms with Crippen molar-refractivity contribution in [2.75, 3.05) is 44.7 Å². The topological polar surface area (TPSA) is 61.9 Å². The number of amides is 2. The molecule has 6 nitrogen and oxygen atoms in total. The van der Waals surface area contributed by atoms with Crippen LogP contribution >= 0.6 is 0 Å². The summed E-state index contributed by atoms with van der Waals surface area (Å²) in [4.78, 5) is 28.4. The minimum atomic E-state index is -0.254. The molecule has 3 rings (SSSR count). The summed E-state index contributed by atoms with van der Waals surface area (Å²) in [6.45, 7) is 3.52. The number of carbonyl (C=O) groups excluding carboxylic acids is 2. The molecule has 2 heterocycles. The maximum Gasteiger partial charge on any atom is 0.228 e.